The van der Waals surface area contributed by atoms with E-state index in [0.29, 0.717) is 37.8 Å². The van der Waals surface area contributed by atoms with Crippen LogP contribution in [0.4, 0.5) is 0 Å². The monoisotopic (exact) mass is 328 g/mol. The van der Waals surface area contributed by atoms with E-state index in [9.17, 15) is 9.59 Å². The summed E-state index contributed by atoms with van der Waals surface area (Å²) in [5.74, 6) is 1.09. The molecule has 2 aromatic rings. The zero-order valence-electron chi connectivity index (χ0n) is 14.5. The van der Waals surface area contributed by atoms with Crippen LogP contribution in [0.1, 0.15) is 44.6 Å². The minimum absolute atomic E-state index is 0.0803. The fourth-order valence-electron chi connectivity index (χ4n) is 3.25. The van der Waals surface area contributed by atoms with Gasteiger partial charge in [0.2, 0.25) is 5.91 Å². The Morgan fingerprint density at radius 3 is 2.58 bits per heavy atom. The van der Waals surface area contributed by atoms with Gasteiger partial charge >= 0.3 is 5.69 Å². The maximum absolute atomic E-state index is 12.6. The van der Waals surface area contributed by atoms with Gasteiger partial charge in [0.1, 0.15) is 6.04 Å². The molecule has 0 radical (unpaired) electrons. The first-order valence-electron chi connectivity index (χ1n) is 8.54. The molecule has 0 saturated heterocycles. The maximum Gasteiger partial charge on any atom is 0.346 e. The van der Waals surface area contributed by atoms with E-state index in [2.05, 4.69) is 18.9 Å². The van der Waals surface area contributed by atoms with Crippen molar-refractivity contribution >= 4 is 5.91 Å². The molecule has 1 aliphatic rings. The van der Waals surface area contributed by atoms with Crippen LogP contribution in [0, 0.1) is 5.92 Å². The highest BCUT2D eigenvalue weighted by Crippen LogP contribution is 2.30. The number of aromatic nitrogens is 3. The molecule has 1 unspecified atom stereocenters. The van der Waals surface area contributed by atoms with E-state index in [1.165, 1.54) is 4.68 Å². The Balaban J connectivity index is 2.11. The first kappa shape index (κ1) is 16.5. The zero-order valence-corrected chi connectivity index (χ0v) is 14.5. The number of hydrogen-bond acceptors (Lipinski definition) is 3. The van der Waals surface area contributed by atoms with Crippen LogP contribution in [0.25, 0.3) is 0 Å². The van der Waals surface area contributed by atoms with E-state index in [4.69, 9.17) is 0 Å². The summed E-state index contributed by atoms with van der Waals surface area (Å²) in [5.41, 5.74) is 0.908. The van der Waals surface area contributed by atoms with E-state index in [1.54, 1.807) is 4.57 Å². The van der Waals surface area contributed by atoms with Crippen LogP contribution in [0.15, 0.2) is 35.1 Å². The van der Waals surface area contributed by atoms with Crippen molar-refractivity contribution < 1.29 is 4.79 Å². The molecule has 1 amide bonds. The molecule has 1 aromatic carbocycles. The average molecular weight is 328 g/mol. The molecule has 3 rings (SSSR count). The van der Waals surface area contributed by atoms with E-state index in [-0.39, 0.29) is 17.6 Å². The summed E-state index contributed by atoms with van der Waals surface area (Å²) in [6, 6.07) is 9.53. The van der Waals surface area contributed by atoms with Gasteiger partial charge in [-0.15, -0.1) is 0 Å². The highest BCUT2D eigenvalue weighted by Gasteiger charge is 2.35. The van der Waals surface area contributed by atoms with Crippen molar-refractivity contribution in [2.24, 2.45) is 5.92 Å². The number of benzene rings is 1. The van der Waals surface area contributed by atoms with Gasteiger partial charge in [0.25, 0.3) is 0 Å². The van der Waals surface area contributed by atoms with Gasteiger partial charge in [-0.3, -0.25) is 9.36 Å². The maximum atomic E-state index is 12.6. The molecule has 0 fully saturated rings. The predicted molar refractivity (Wildman–Crippen MR) is 91.6 cm³/mol. The second-order valence-electron chi connectivity index (χ2n) is 6.62. The van der Waals surface area contributed by atoms with Gasteiger partial charge in [0, 0.05) is 26.1 Å². The normalized spacial score (nSPS) is 17.2. The SMILES string of the molecule is CCC(=O)N1CCn2c(nn(CC(C)C)c2=O)C1c1ccccc1. The number of hydrogen-bond donors (Lipinski definition) is 0. The Kier molecular flexibility index (Phi) is 4.55. The first-order valence-corrected chi connectivity index (χ1v) is 8.54. The van der Waals surface area contributed by atoms with Crippen LogP contribution < -0.4 is 5.69 Å². The minimum Gasteiger partial charge on any atom is -0.327 e. The number of rotatable bonds is 4. The lowest BCUT2D eigenvalue weighted by Crippen LogP contribution is -2.44. The van der Waals surface area contributed by atoms with Crippen LogP contribution in [-0.2, 0) is 17.9 Å². The minimum atomic E-state index is -0.298. The summed E-state index contributed by atoms with van der Waals surface area (Å²) < 4.78 is 3.26. The molecule has 1 aliphatic heterocycles. The molecule has 0 spiro atoms. The van der Waals surface area contributed by atoms with E-state index >= 15 is 0 Å². The van der Waals surface area contributed by atoms with Crippen molar-refractivity contribution in [2.75, 3.05) is 6.54 Å². The average Bonchev–Trinajstić information content (AvgIpc) is 2.89. The van der Waals surface area contributed by atoms with E-state index in [0.717, 1.165) is 5.56 Å². The zero-order chi connectivity index (χ0) is 17.3. The van der Waals surface area contributed by atoms with Crippen LogP contribution in [0.2, 0.25) is 0 Å². The largest absolute Gasteiger partial charge is 0.346 e. The van der Waals surface area contributed by atoms with E-state index in [1.807, 2.05) is 42.2 Å². The van der Waals surface area contributed by atoms with Crippen LogP contribution in [-0.4, -0.2) is 31.7 Å². The molecule has 0 bridgehead atoms. The Morgan fingerprint density at radius 2 is 1.96 bits per heavy atom. The molecule has 0 N–H and O–H groups in total. The molecule has 1 aromatic heterocycles. The van der Waals surface area contributed by atoms with Gasteiger partial charge in [-0.1, -0.05) is 51.1 Å². The number of nitrogens with zero attached hydrogens (tertiary/aromatic N) is 4. The van der Waals surface area contributed by atoms with Crippen molar-refractivity contribution in [1.82, 2.24) is 19.2 Å². The predicted octanol–water partition coefficient (Wildman–Crippen LogP) is 2.04. The lowest BCUT2D eigenvalue weighted by atomic mass is 10.0. The van der Waals surface area contributed by atoms with Gasteiger partial charge in [-0.2, -0.15) is 5.10 Å². The van der Waals surface area contributed by atoms with Gasteiger partial charge < -0.3 is 4.90 Å². The molecule has 24 heavy (non-hydrogen) atoms. The summed E-state index contributed by atoms with van der Waals surface area (Å²) >= 11 is 0. The highest BCUT2D eigenvalue weighted by molar-refractivity contribution is 5.77. The van der Waals surface area contributed by atoms with Crippen LogP contribution in [0.3, 0.4) is 0 Å². The standard InChI is InChI=1S/C18H24N4O2/c1-4-15(23)20-10-11-21-17(16(20)14-8-6-5-7-9-14)19-22(18(21)24)12-13(2)3/h5-9,13,16H,4,10-12H2,1-3H3. The first-order chi connectivity index (χ1) is 11.5. The molecule has 1 atom stereocenters. The van der Waals surface area contributed by atoms with Gasteiger partial charge in [-0.25, -0.2) is 9.48 Å². The molecule has 2 heterocycles. The van der Waals surface area contributed by atoms with Crippen molar-refractivity contribution in [3.63, 3.8) is 0 Å². The van der Waals surface area contributed by atoms with Crippen LogP contribution in [0.5, 0.6) is 0 Å². The second kappa shape index (κ2) is 6.63. The molecule has 128 valence electrons. The van der Waals surface area contributed by atoms with Gasteiger partial charge in [0.05, 0.1) is 0 Å². The lowest BCUT2D eigenvalue weighted by molar-refractivity contribution is -0.133. The third-order valence-electron chi connectivity index (χ3n) is 4.35. The fraction of sp³-hybridized carbons (Fsp3) is 0.500. The molecular formula is C18H24N4O2. The van der Waals surface area contributed by atoms with Crippen molar-refractivity contribution in [3.8, 4) is 0 Å². The molecule has 0 aliphatic carbocycles. The summed E-state index contributed by atoms with van der Waals surface area (Å²) in [5, 5.41) is 4.59. The quantitative estimate of drug-likeness (QED) is 0.863. The molecular weight excluding hydrogens is 304 g/mol. The third-order valence-corrected chi connectivity index (χ3v) is 4.35. The lowest BCUT2D eigenvalue weighted by Gasteiger charge is -2.35. The van der Waals surface area contributed by atoms with Gasteiger partial charge in [-0.05, 0) is 11.5 Å². The Morgan fingerprint density at radius 1 is 1.25 bits per heavy atom. The van der Waals surface area contributed by atoms with Crippen molar-refractivity contribution in [3.05, 3.63) is 52.2 Å². The molecule has 6 heteroatoms. The number of carbonyl (C=O) groups is 1. The van der Waals surface area contributed by atoms with E-state index < -0.39 is 0 Å². The smallest absolute Gasteiger partial charge is 0.327 e. The fourth-order valence-corrected chi connectivity index (χ4v) is 3.25. The summed E-state index contributed by atoms with van der Waals surface area (Å²) in [7, 11) is 0. The topological polar surface area (TPSA) is 60.1 Å². The second-order valence-corrected chi connectivity index (χ2v) is 6.62. The number of fused-ring (bicyclic) bond motifs is 1. The van der Waals surface area contributed by atoms with Gasteiger partial charge in [0.15, 0.2) is 5.82 Å². The molecule has 0 saturated carbocycles. The number of amides is 1. The van der Waals surface area contributed by atoms with Crippen molar-refractivity contribution in [1.29, 1.82) is 0 Å². The molecule has 6 nitrogen and oxygen atoms in total. The summed E-state index contributed by atoms with van der Waals surface area (Å²) in [6.07, 6.45) is 0.445. The number of carbonyl (C=O) groups excluding carboxylic acids is 1. The Labute approximate surface area is 141 Å². The Bertz CT molecular complexity index is 776. The van der Waals surface area contributed by atoms with Crippen LogP contribution >= 0.6 is 0 Å². The third kappa shape index (κ3) is 2.88. The highest BCUT2D eigenvalue weighted by atomic mass is 16.2. The summed E-state index contributed by atoms with van der Waals surface area (Å²) in [6.45, 7) is 7.61. The Hall–Kier alpha value is -2.37. The van der Waals surface area contributed by atoms with Crippen molar-refractivity contribution in [2.45, 2.75) is 46.3 Å². The summed E-state index contributed by atoms with van der Waals surface area (Å²) in [4.78, 5) is 26.9.